The van der Waals surface area contributed by atoms with Crippen LogP contribution in [0.2, 0.25) is 0 Å². The Hall–Kier alpha value is -3.09. The zero-order chi connectivity index (χ0) is 19.0. The van der Waals surface area contributed by atoms with Crippen molar-refractivity contribution in [3.05, 3.63) is 52.8 Å². The lowest BCUT2D eigenvalue weighted by Gasteiger charge is -2.28. The summed E-state index contributed by atoms with van der Waals surface area (Å²) >= 11 is 0. The molecule has 7 heteroatoms. The van der Waals surface area contributed by atoms with Crippen molar-refractivity contribution < 1.29 is 14.3 Å². The van der Waals surface area contributed by atoms with Crippen LogP contribution >= 0.6 is 0 Å². The quantitative estimate of drug-likeness (QED) is 0.884. The lowest BCUT2D eigenvalue weighted by atomic mass is 9.97. The second-order valence-electron chi connectivity index (χ2n) is 6.94. The molecule has 0 radical (unpaired) electrons. The van der Waals surface area contributed by atoms with Crippen LogP contribution in [0.3, 0.4) is 0 Å². The van der Waals surface area contributed by atoms with Crippen LogP contribution in [0.5, 0.6) is 0 Å². The lowest BCUT2D eigenvalue weighted by Crippen LogP contribution is -2.36. The summed E-state index contributed by atoms with van der Waals surface area (Å²) < 4.78 is 4.79. The van der Waals surface area contributed by atoms with Crippen molar-refractivity contribution in [3.8, 4) is 0 Å². The van der Waals surface area contributed by atoms with E-state index in [1.807, 2.05) is 18.2 Å². The SMILES string of the molecule is COC(=O)N1CCc2c(cncc2C(=O)Nc2ccc3c(c2)CCN3C)C1. The van der Waals surface area contributed by atoms with Gasteiger partial charge in [-0.25, -0.2) is 4.79 Å². The van der Waals surface area contributed by atoms with Crippen molar-refractivity contribution in [2.45, 2.75) is 19.4 Å². The van der Waals surface area contributed by atoms with Crippen molar-refractivity contribution in [3.63, 3.8) is 0 Å². The standard InChI is InChI=1S/C20H22N4O3/c1-23-7-5-13-9-15(3-4-18(13)23)22-19(25)17-11-21-10-14-12-24(20(26)27-2)8-6-16(14)17/h3-4,9-11H,5-8,12H2,1-2H3,(H,22,25). The normalized spacial score (nSPS) is 15.2. The van der Waals surface area contributed by atoms with Gasteiger partial charge in [-0.05, 0) is 47.7 Å². The Bertz CT molecular complexity index is 912. The molecule has 0 saturated heterocycles. The number of anilines is 2. The van der Waals surface area contributed by atoms with E-state index in [0.29, 0.717) is 25.1 Å². The Morgan fingerprint density at radius 3 is 2.81 bits per heavy atom. The largest absolute Gasteiger partial charge is 0.453 e. The summed E-state index contributed by atoms with van der Waals surface area (Å²) in [6, 6.07) is 6.02. The predicted octanol–water partition coefficient (Wildman–Crippen LogP) is 2.45. The topological polar surface area (TPSA) is 74.8 Å². The predicted molar refractivity (Wildman–Crippen MR) is 102 cm³/mol. The van der Waals surface area contributed by atoms with Crippen LogP contribution in [-0.4, -0.2) is 49.1 Å². The second-order valence-corrected chi connectivity index (χ2v) is 6.94. The first-order chi connectivity index (χ1) is 13.1. The summed E-state index contributed by atoms with van der Waals surface area (Å²) in [5.74, 6) is -0.169. The first-order valence-corrected chi connectivity index (χ1v) is 9.01. The number of amides is 2. The van der Waals surface area contributed by atoms with E-state index in [-0.39, 0.29) is 12.0 Å². The number of carbonyl (C=O) groups excluding carboxylic acids is 2. The molecule has 2 aromatic rings. The van der Waals surface area contributed by atoms with Crippen LogP contribution in [0, 0.1) is 0 Å². The zero-order valence-electron chi connectivity index (χ0n) is 15.5. The number of methoxy groups -OCH3 is 1. The van der Waals surface area contributed by atoms with E-state index in [0.717, 1.165) is 29.8 Å². The van der Waals surface area contributed by atoms with E-state index >= 15 is 0 Å². The molecular weight excluding hydrogens is 344 g/mol. The van der Waals surface area contributed by atoms with Crippen molar-refractivity contribution in [2.24, 2.45) is 0 Å². The van der Waals surface area contributed by atoms with Crippen LogP contribution in [0.1, 0.15) is 27.0 Å². The summed E-state index contributed by atoms with van der Waals surface area (Å²) in [4.78, 5) is 32.6. The van der Waals surface area contributed by atoms with E-state index in [1.165, 1.54) is 18.4 Å². The molecule has 140 valence electrons. The highest BCUT2D eigenvalue weighted by Crippen LogP contribution is 2.29. The van der Waals surface area contributed by atoms with Crippen molar-refractivity contribution in [1.29, 1.82) is 0 Å². The van der Waals surface area contributed by atoms with E-state index in [9.17, 15) is 9.59 Å². The molecule has 2 amide bonds. The smallest absolute Gasteiger partial charge is 0.409 e. The number of likely N-dealkylation sites (N-methyl/N-ethyl adjacent to an activating group) is 1. The highest BCUT2D eigenvalue weighted by Gasteiger charge is 2.25. The molecule has 0 saturated carbocycles. The number of benzene rings is 1. The second kappa shape index (κ2) is 6.90. The number of carbonyl (C=O) groups is 2. The van der Waals surface area contributed by atoms with Gasteiger partial charge in [0.25, 0.3) is 5.91 Å². The van der Waals surface area contributed by atoms with E-state index in [2.05, 4.69) is 22.2 Å². The van der Waals surface area contributed by atoms with Gasteiger partial charge in [0.05, 0.1) is 19.2 Å². The molecule has 0 spiro atoms. The Kier molecular flexibility index (Phi) is 4.43. The monoisotopic (exact) mass is 366 g/mol. The third-order valence-corrected chi connectivity index (χ3v) is 5.28. The number of aromatic nitrogens is 1. The van der Waals surface area contributed by atoms with Crippen molar-refractivity contribution >= 4 is 23.4 Å². The van der Waals surface area contributed by atoms with Crippen LogP contribution in [-0.2, 0) is 24.1 Å². The van der Waals surface area contributed by atoms with Crippen LogP contribution in [0.4, 0.5) is 16.2 Å². The van der Waals surface area contributed by atoms with Gasteiger partial charge in [0.15, 0.2) is 0 Å². The summed E-state index contributed by atoms with van der Waals surface area (Å²) in [6.07, 6.45) is 4.54. The molecule has 0 bridgehead atoms. The Balaban J connectivity index is 1.55. The molecule has 1 aromatic heterocycles. The lowest BCUT2D eigenvalue weighted by molar-refractivity contribution is 0.102. The fraction of sp³-hybridized carbons (Fsp3) is 0.350. The number of ether oxygens (including phenoxy) is 1. The number of pyridine rings is 1. The molecule has 7 nitrogen and oxygen atoms in total. The average Bonchev–Trinajstić information content (AvgIpc) is 3.06. The van der Waals surface area contributed by atoms with Gasteiger partial charge in [-0.3, -0.25) is 9.78 Å². The molecule has 2 aliphatic heterocycles. The average molecular weight is 366 g/mol. The zero-order valence-corrected chi connectivity index (χ0v) is 15.5. The Morgan fingerprint density at radius 1 is 1.15 bits per heavy atom. The summed E-state index contributed by atoms with van der Waals surface area (Å²) in [7, 11) is 3.44. The Labute approximate surface area is 157 Å². The third kappa shape index (κ3) is 3.20. The summed E-state index contributed by atoms with van der Waals surface area (Å²) in [5, 5.41) is 3.00. The molecule has 3 heterocycles. The molecule has 1 aromatic carbocycles. The molecular formula is C20H22N4O3. The van der Waals surface area contributed by atoms with Crippen LogP contribution < -0.4 is 10.2 Å². The van der Waals surface area contributed by atoms with Crippen LogP contribution in [0.15, 0.2) is 30.6 Å². The van der Waals surface area contributed by atoms with Gasteiger partial charge in [-0.15, -0.1) is 0 Å². The number of fused-ring (bicyclic) bond motifs is 2. The highest BCUT2D eigenvalue weighted by molar-refractivity contribution is 6.05. The van der Waals surface area contributed by atoms with Gasteiger partial charge in [0.2, 0.25) is 0 Å². The minimum atomic E-state index is -0.362. The summed E-state index contributed by atoms with van der Waals surface area (Å²) in [6.45, 7) is 1.93. The molecule has 27 heavy (non-hydrogen) atoms. The maximum Gasteiger partial charge on any atom is 0.409 e. The first-order valence-electron chi connectivity index (χ1n) is 9.01. The number of hydrogen-bond donors (Lipinski definition) is 1. The summed E-state index contributed by atoms with van der Waals surface area (Å²) in [5.41, 5.74) is 5.65. The maximum absolute atomic E-state index is 12.9. The van der Waals surface area contributed by atoms with E-state index < -0.39 is 0 Å². The van der Waals surface area contributed by atoms with Crippen LogP contribution in [0.25, 0.3) is 0 Å². The molecule has 0 fully saturated rings. The minimum absolute atomic E-state index is 0.169. The van der Waals surface area contributed by atoms with E-state index in [1.54, 1.807) is 17.3 Å². The third-order valence-electron chi connectivity index (χ3n) is 5.28. The van der Waals surface area contributed by atoms with Gasteiger partial charge < -0.3 is 19.9 Å². The molecule has 0 aliphatic carbocycles. The molecule has 2 aliphatic rings. The molecule has 1 N–H and O–H groups in total. The van der Waals surface area contributed by atoms with Gasteiger partial charge >= 0.3 is 6.09 Å². The first kappa shape index (κ1) is 17.3. The van der Waals surface area contributed by atoms with Gasteiger partial charge in [0, 0.05) is 43.9 Å². The van der Waals surface area contributed by atoms with Gasteiger partial charge in [0.1, 0.15) is 0 Å². The number of nitrogens with zero attached hydrogens (tertiary/aromatic N) is 3. The highest BCUT2D eigenvalue weighted by atomic mass is 16.5. The molecule has 4 rings (SSSR count). The number of rotatable bonds is 2. The fourth-order valence-electron chi connectivity index (χ4n) is 3.82. The molecule has 0 atom stereocenters. The number of nitrogens with one attached hydrogen (secondary N) is 1. The maximum atomic E-state index is 12.9. The van der Waals surface area contributed by atoms with E-state index in [4.69, 9.17) is 4.74 Å². The Morgan fingerprint density at radius 2 is 2.00 bits per heavy atom. The van der Waals surface area contributed by atoms with Gasteiger partial charge in [-0.2, -0.15) is 0 Å². The van der Waals surface area contributed by atoms with Crippen molar-refractivity contribution in [1.82, 2.24) is 9.88 Å². The number of hydrogen-bond acceptors (Lipinski definition) is 5. The fourth-order valence-corrected chi connectivity index (χ4v) is 3.82. The van der Waals surface area contributed by atoms with Gasteiger partial charge in [-0.1, -0.05) is 0 Å². The minimum Gasteiger partial charge on any atom is -0.453 e. The van der Waals surface area contributed by atoms with Crippen molar-refractivity contribution in [2.75, 3.05) is 37.5 Å². The molecule has 0 unspecified atom stereocenters.